The van der Waals surface area contributed by atoms with Gasteiger partial charge in [-0.25, -0.2) is 12.8 Å². The number of rotatable bonds is 7. The first-order chi connectivity index (χ1) is 13.9. The fourth-order valence-corrected chi connectivity index (χ4v) is 4.16. The number of hydrogen-bond donors (Lipinski definition) is 1. The van der Waals surface area contributed by atoms with Crippen LogP contribution >= 0.6 is 0 Å². The Balaban J connectivity index is 1.81. The van der Waals surface area contributed by atoms with Gasteiger partial charge in [0.15, 0.2) is 0 Å². The molecule has 0 aromatic heterocycles. The van der Waals surface area contributed by atoms with Crippen molar-refractivity contribution in [3.8, 4) is 0 Å². The lowest BCUT2D eigenvalue weighted by molar-refractivity contribution is -0.119. The number of nitrogens with zero attached hydrogens (tertiary/aromatic N) is 1. The van der Waals surface area contributed by atoms with Gasteiger partial charge in [-0.2, -0.15) is 0 Å². The van der Waals surface area contributed by atoms with Gasteiger partial charge in [0.2, 0.25) is 5.91 Å². The van der Waals surface area contributed by atoms with Crippen molar-refractivity contribution < 1.29 is 17.6 Å². The minimum atomic E-state index is -4.05. The van der Waals surface area contributed by atoms with Crippen LogP contribution in [0.2, 0.25) is 0 Å². The monoisotopic (exact) mass is 412 g/mol. The molecule has 29 heavy (non-hydrogen) atoms. The SMILES string of the molecule is Cc1ccc(CNC(=O)CN(c2ccccc2)S(=O)(=O)c2ccc(F)cc2)cc1. The van der Waals surface area contributed by atoms with E-state index < -0.39 is 28.3 Å². The maximum absolute atomic E-state index is 13.2. The molecule has 0 aliphatic rings. The normalized spacial score (nSPS) is 11.1. The number of benzene rings is 3. The predicted octanol–water partition coefficient (Wildman–Crippen LogP) is 3.65. The van der Waals surface area contributed by atoms with Gasteiger partial charge >= 0.3 is 0 Å². The van der Waals surface area contributed by atoms with Crippen molar-refractivity contribution in [3.05, 3.63) is 95.8 Å². The molecular weight excluding hydrogens is 391 g/mol. The second kappa shape index (κ2) is 8.87. The number of amides is 1. The van der Waals surface area contributed by atoms with Crippen LogP contribution < -0.4 is 9.62 Å². The number of carbonyl (C=O) groups is 1. The van der Waals surface area contributed by atoms with E-state index in [1.54, 1.807) is 30.3 Å². The standard InChI is InChI=1S/C22H21FN2O3S/c1-17-7-9-18(10-8-17)15-24-22(26)16-25(20-5-3-2-4-6-20)29(27,28)21-13-11-19(23)12-14-21/h2-14H,15-16H2,1H3,(H,24,26). The van der Waals surface area contributed by atoms with Gasteiger partial charge in [0.05, 0.1) is 10.6 Å². The molecule has 5 nitrogen and oxygen atoms in total. The molecule has 3 aromatic carbocycles. The van der Waals surface area contributed by atoms with Crippen molar-refractivity contribution in [3.63, 3.8) is 0 Å². The summed E-state index contributed by atoms with van der Waals surface area (Å²) in [6, 6.07) is 20.6. The summed E-state index contributed by atoms with van der Waals surface area (Å²) >= 11 is 0. The van der Waals surface area contributed by atoms with Gasteiger partial charge in [-0.3, -0.25) is 9.10 Å². The number of anilines is 1. The van der Waals surface area contributed by atoms with Crippen molar-refractivity contribution in [2.24, 2.45) is 0 Å². The summed E-state index contributed by atoms with van der Waals surface area (Å²) in [5, 5.41) is 2.75. The molecule has 150 valence electrons. The number of hydrogen-bond acceptors (Lipinski definition) is 3. The first-order valence-electron chi connectivity index (χ1n) is 9.02. The molecule has 0 aliphatic carbocycles. The number of halogens is 1. The number of sulfonamides is 1. The zero-order valence-corrected chi connectivity index (χ0v) is 16.7. The van der Waals surface area contributed by atoms with Gasteiger partial charge in [-0.1, -0.05) is 48.0 Å². The highest BCUT2D eigenvalue weighted by molar-refractivity contribution is 7.92. The van der Waals surface area contributed by atoms with Crippen LogP contribution in [0.4, 0.5) is 10.1 Å². The Morgan fingerprint density at radius 2 is 1.55 bits per heavy atom. The molecule has 0 aliphatic heterocycles. The number of carbonyl (C=O) groups excluding carboxylic acids is 1. The van der Waals surface area contributed by atoms with Gasteiger partial charge in [0.1, 0.15) is 12.4 Å². The molecule has 7 heteroatoms. The van der Waals surface area contributed by atoms with Crippen LogP contribution in [0.15, 0.2) is 83.8 Å². The fourth-order valence-electron chi connectivity index (χ4n) is 2.74. The van der Waals surface area contributed by atoms with Gasteiger partial charge in [0, 0.05) is 6.54 Å². The summed E-state index contributed by atoms with van der Waals surface area (Å²) in [5.41, 5.74) is 2.37. The molecule has 0 atom stereocenters. The second-order valence-electron chi connectivity index (χ2n) is 6.56. The van der Waals surface area contributed by atoms with E-state index in [1.807, 2.05) is 31.2 Å². The molecule has 1 amide bonds. The Morgan fingerprint density at radius 3 is 2.17 bits per heavy atom. The van der Waals surface area contributed by atoms with E-state index in [-0.39, 0.29) is 4.90 Å². The third kappa shape index (κ3) is 5.20. The average molecular weight is 412 g/mol. The molecule has 3 rings (SSSR count). The van der Waals surface area contributed by atoms with Gasteiger partial charge in [-0.05, 0) is 48.9 Å². The molecule has 0 saturated carbocycles. The molecule has 0 heterocycles. The van der Waals surface area contributed by atoms with E-state index in [9.17, 15) is 17.6 Å². The molecule has 3 aromatic rings. The lowest BCUT2D eigenvalue weighted by Gasteiger charge is -2.24. The largest absolute Gasteiger partial charge is 0.350 e. The lowest BCUT2D eigenvalue weighted by atomic mass is 10.1. The molecular formula is C22H21FN2O3S. The fraction of sp³-hybridized carbons (Fsp3) is 0.136. The van der Waals surface area contributed by atoms with Crippen LogP contribution in [-0.2, 0) is 21.4 Å². The van der Waals surface area contributed by atoms with Crippen molar-refractivity contribution in [2.45, 2.75) is 18.4 Å². The molecule has 0 saturated heterocycles. The summed E-state index contributed by atoms with van der Waals surface area (Å²) in [4.78, 5) is 12.4. The first kappa shape index (κ1) is 20.5. The summed E-state index contributed by atoms with van der Waals surface area (Å²) in [5.74, 6) is -0.980. The maximum atomic E-state index is 13.2. The van der Waals surface area contributed by atoms with Crippen molar-refractivity contribution in [1.29, 1.82) is 0 Å². The molecule has 0 unspecified atom stereocenters. The average Bonchev–Trinajstić information content (AvgIpc) is 2.72. The van der Waals surface area contributed by atoms with Crippen molar-refractivity contribution >= 4 is 21.6 Å². The Bertz CT molecular complexity index is 1070. The topological polar surface area (TPSA) is 66.5 Å². The summed E-state index contributed by atoms with van der Waals surface area (Å²) < 4.78 is 40.5. The Morgan fingerprint density at radius 1 is 0.931 bits per heavy atom. The van der Waals surface area contributed by atoms with Crippen LogP contribution in [0.3, 0.4) is 0 Å². The second-order valence-corrected chi connectivity index (χ2v) is 8.43. The Hall–Kier alpha value is -3.19. The van der Waals surface area contributed by atoms with Crippen molar-refractivity contribution in [2.75, 3.05) is 10.8 Å². The number of aryl methyl sites for hydroxylation is 1. The molecule has 0 bridgehead atoms. The highest BCUT2D eigenvalue weighted by Crippen LogP contribution is 2.23. The Kier molecular flexibility index (Phi) is 6.29. The predicted molar refractivity (Wildman–Crippen MR) is 110 cm³/mol. The zero-order chi connectivity index (χ0) is 20.9. The lowest BCUT2D eigenvalue weighted by Crippen LogP contribution is -2.40. The first-order valence-corrected chi connectivity index (χ1v) is 10.5. The van der Waals surface area contributed by atoms with E-state index in [0.717, 1.165) is 27.6 Å². The smallest absolute Gasteiger partial charge is 0.264 e. The van der Waals surface area contributed by atoms with E-state index in [4.69, 9.17) is 0 Å². The number of nitrogens with one attached hydrogen (secondary N) is 1. The molecule has 0 spiro atoms. The quantitative estimate of drug-likeness (QED) is 0.644. The van der Waals surface area contributed by atoms with Crippen LogP contribution in [0.1, 0.15) is 11.1 Å². The maximum Gasteiger partial charge on any atom is 0.264 e. The molecule has 1 N–H and O–H groups in total. The van der Waals surface area contributed by atoms with E-state index >= 15 is 0 Å². The summed E-state index contributed by atoms with van der Waals surface area (Å²) in [6.07, 6.45) is 0. The summed E-state index contributed by atoms with van der Waals surface area (Å²) in [6.45, 7) is 1.87. The highest BCUT2D eigenvalue weighted by Gasteiger charge is 2.27. The van der Waals surface area contributed by atoms with Crippen LogP contribution in [0.5, 0.6) is 0 Å². The zero-order valence-electron chi connectivity index (χ0n) is 15.9. The number of para-hydroxylation sites is 1. The Labute approximate surface area is 169 Å². The van der Waals surface area contributed by atoms with E-state index in [1.165, 1.54) is 12.1 Å². The third-order valence-electron chi connectivity index (χ3n) is 4.34. The van der Waals surface area contributed by atoms with Gasteiger partial charge in [0.25, 0.3) is 10.0 Å². The van der Waals surface area contributed by atoms with Gasteiger partial charge in [-0.15, -0.1) is 0 Å². The highest BCUT2D eigenvalue weighted by atomic mass is 32.2. The molecule has 0 fully saturated rings. The van der Waals surface area contributed by atoms with E-state index in [0.29, 0.717) is 12.2 Å². The van der Waals surface area contributed by atoms with Gasteiger partial charge < -0.3 is 5.32 Å². The van der Waals surface area contributed by atoms with Crippen LogP contribution in [0.25, 0.3) is 0 Å². The summed E-state index contributed by atoms with van der Waals surface area (Å²) in [7, 11) is -4.05. The van der Waals surface area contributed by atoms with Crippen LogP contribution in [-0.4, -0.2) is 20.9 Å². The van der Waals surface area contributed by atoms with E-state index in [2.05, 4.69) is 5.32 Å². The van der Waals surface area contributed by atoms with Crippen LogP contribution in [0, 0.1) is 12.7 Å². The van der Waals surface area contributed by atoms with Crippen molar-refractivity contribution in [1.82, 2.24) is 5.32 Å². The minimum Gasteiger partial charge on any atom is -0.350 e. The third-order valence-corrected chi connectivity index (χ3v) is 6.13. The molecule has 0 radical (unpaired) electrons. The minimum absolute atomic E-state index is 0.0888.